The van der Waals surface area contributed by atoms with E-state index in [1.807, 2.05) is 0 Å². The zero-order chi connectivity index (χ0) is 13.1. The molecule has 1 aliphatic heterocycles. The molecule has 1 amide bonds. The predicted molar refractivity (Wildman–Crippen MR) is 71.9 cm³/mol. The van der Waals surface area contributed by atoms with Crippen LogP contribution in [0.1, 0.15) is 53.9 Å². The molecule has 0 radical (unpaired) electrons. The van der Waals surface area contributed by atoms with Gasteiger partial charge < -0.3 is 10.6 Å². The zero-order valence-corrected chi connectivity index (χ0v) is 12.0. The number of nitrogens with one attached hydrogen (secondary N) is 2. The van der Waals surface area contributed by atoms with Crippen LogP contribution in [-0.2, 0) is 4.79 Å². The van der Waals surface area contributed by atoms with Crippen LogP contribution >= 0.6 is 0 Å². The molecule has 0 bridgehead atoms. The van der Waals surface area contributed by atoms with Gasteiger partial charge in [0.2, 0.25) is 5.91 Å². The number of carbonyl (C=O) groups excluding carboxylic acids is 1. The Morgan fingerprint density at radius 1 is 1.29 bits per heavy atom. The van der Waals surface area contributed by atoms with Gasteiger partial charge in [-0.15, -0.1) is 0 Å². The topological polar surface area (TPSA) is 41.1 Å². The zero-order valence-electron chi connectivity index (χ0n) is 12.0. The molecule has 0 spiro atoms. The summed E-state index contributed by atoms with van der Waals surface area (Å²) in [7, 11) is 0. The van der Waals surface area contributed by atoms with Crippen molar-refractivity contribution in [2.24, 2.45) is 11.3 Å². The molecule has 1 fully saturated rings. The van der Waals surface area contributed by atoms with Crippen molar-refractivity contribution in [1.29, 1.82) is 0 Å². The molecule has 1 saturated heterocycles. The Balaban J connectivity index is 2.32. The number of hydrogen-bond donors (Lipinski definition) is 2. The minimum absolute atomic E-state index is 0.00807. The third-order valence-electron chi connectivity index (χ3n) is 3.37. The predicted octanol–water partition coefficient (Wildman–Crippen LogP) is 2.32. The molecule has 0 aromatic rings. The van der Waals surface area contributed by atoms with Crippen LogP contribution in [0.25, 0.3) is 0 Å². The number of amides is 1. The highest BCUT2D eigenvalue weighted by atomic mass is 16.2. The standard InChI is InChI=1S/C14H28N2O/c1-10-8-11(2)16-12(9-10)13(17)15-7-6-14(3,4)5/h10-12,16H,6-9H2,1-5H3,(H,15,17). The van der Waals surface area contributed by atoms with E-state index in [1.54, 1.807) is 0 Å². The van der Waals surface area contributed by atoms with Crippen molar-refractivity contribution in [2.45, 2.75) is 66.0 Å². The molecule has 2 N–H and O–H groups in total. The van der Waals surface area contributed by atoms with Crippen LogP contribution in [0.2, 0.25) is 0 Å². The molecular formula is C14H28N2O. The normalized spacial score (nSPS) is 30.1. The van der Waals surface area contributed by atoms with Crippen molar-refractivity contribution in [3.63, 3.8) is 0 Å². The summed E-state index contributed by atoms with van der Waals surface area (Å²) in [5.41, 5.74) is 0.286. The molecule has 17 heavy (non-hydrogen) atoms. The first-order valence-electron chi connectivity index (χ1n) is 6.81. The molecule has 0 aromatic carbocycles. The first-order valence-corrected chi connectivity index (χ1v) is 6.81. The summed E-state index contributed by atoms with van der Waals surface area (Å²) in [6.45, 7) is 11.8. The summed E-state index contributed by atoms with van der Waals surface area (Å²) in [6.07, 6.45) is 3.16. The lowest BCUT2D eigenvalue weighted by atomic mass is 9.89. The van der Waals surface area contributed by atoms with Crippen LogP contribution in [0.3, 0.4) is 0 Å². The number of rotatable bonds is 3. The van der Waals surface area contributed by atoms with Crippen molar-refractivity contribution in [3.8, 4) is 0 Å². The smallest absolute Gasteiger partial charge is 0.237 e. The van der Waals surface area contributed by atoms with Gasteiger partial charge in [0.1, 0.15) is 0 Å². The van der Waals surface area contributed by atoms with Crippen molar-refractivity contribution in [2.75, 3.05) is 6.54 Å². The molecule has 3 unspecified atom stereocenters. The summed E-state index contributed by atoms with van der Waals surface area (Å²) < 4.78 is 0. The lowest BCUT2D eigenvalue weighted by Crippen LogP contribution is -2.52. The largest absolute Gasteiger partial charge is 0.355 e. The highest BCUT2D eigenvalue weighted by Gasteiger charge is 2.28. The molecule has 0 saturated carbocycles. The van der Waals surface area contributed by atoms with Gasteiger partial charge >= 0.3 is 0 Å². The molecule has 1 rings (SSSR count). The second kappa shape index (κ2) is 5.85. The quantitative estimate of drug-likeness (QED) is 0.795. The minimum atomic E-state index is 0.00807. The first kappa shape index (κ1) is 14.5. The second-order valence-electron chi connectivity index (χ2n) is 6.80. The fourth-order valence-electron chi connectivity index (χ4n) is 2.45. The van der Waals surface area contributed by atoms with Crippen LogP contribution in [0.4, 0.5) is 0 Å². The third kappa shape index (κ3) is 5.53. The molecule has 0 aliphatic carbocycles. The van der Waals surface area contributed by atoms with Crippen molar-refractivity contribution < 1.29 is 4.79 Å². The summed E-state index contributed by atoms with van der Waals surface area (Å²) in [4.78, 5) is 12.0. The van der Waals surface area contributed by atoms with Gasteiger partial charge in [-0.05, 0) is 37.5 Å². The molecule has 100 valence electrons. The van der Waals surface area contributed by atoms with E-state index in [-0.39, 0.29) is 17.4 Å². The van der Waals surface area contributed by atoms with Gasteiger partial charge in [0.25, 0.3) is 0 Å². The van der Waals surface area contributed by atoms with Crippen molar-refractivity contribution in [3.05, 3.63) is 0 Å². The van der Waals surface area contributed by atoms with Gasteiger partial charge in [-0.25, -0.2) is 0 Å². The maximum atomic E-state index is 12.0. The number of carbonyl (C=O) groups is 1. The van der Waals surface area contributed by atoms with Crippen LogP contribution in [-0.4, -0.2) is 24.5 Å². The van der Waals surface area contributed by atoms with E-state index in [1.165, 1.54) is 6.42 Å². The highest BCUT2D eigenvalue weighted by molar-refractivity contribution is 5.81. The fraction of sp³-hybridized carbons (Fsp3) is 0.929. The highest BCUT2D eigenvalue weighted by Crippen LogP contribution is 2.20. The fourth-order valence-corrected chi connectivity index (χ4v) is 2.45. The lowest BCUT2D eigenvalue weighted by molar-refractivity contribution is -0.124. The van der Waals surface area contributed by atoms with Gasteiger partial charge in [-0.3, -0.25) is 4.79 Å². The average molecular weight is 240 g/mol. The summed E-state index contributed by atoms with van der Waals surface area (Å²) in [5, 5.41) is 6.43. The summed E-state index contributed by atoms with van der Waals surface area (Å²) in [6, 6.07) is 0.464. The van der Waals surface area contributed by atoms with E-state index in [4.69, 9.17) is 0 Å². The van der Waals surface area contributed by atoms with Crippen LogP contribution in [0, 0.1) is 11.3 Å². The Kier molecular flexibility index (Phi) is 4.99. The maximum absolute atomic E-state index is 12.0. The third-order valence-corrected chi connectivity index (χ3v) is 3.37. The van der Waals surface area contributed by atoms with E-state index < -0.39 is 0 Å². The monoisotopic (exact) mass is 240 g/mol. The van der Waals surface area contributed by atoms with E-state index in [9.17, 15) is 4.79 Å². The number of piperidine rings is 1. The molecule has 3 nitrogen and oxygen atoms in total. The average Bonchev–Trinajstić information content (AvgIpc) is 2.13. The number of hydrogen-bond acceptors (Lipinski definition) is 2. The SMILES string of the molecule is CC1CC(C)NC(C(=O)NCCC(C)(C)C)C1. The van der Waals surface area contributed by atoms with E-state index in [0.29, 0.717) is 12.0 Å². The van der Waals surface area contributed by atoms with Gasteiger partial charge in [-0.2, -0.15) is 0 Å². The summed E-state index contributed by atoms with van der Waals surface area (Å²) in [5.74, 6) is 0.817. The van der Waals surface area contributed by atoms with E-state index in [2.05, 4.69) is 45.3 Å². The minimum Gasteiger partial charge on any atom is -0.355 e. The molecular weight excluding hydrogens is 212 g/mol. The molecule has 1 aliphatic rings. The Bertz CT molecular complexity index is 247. The Hall–Kier alpha value is -0.570. The molecule has 0 aromatic heterocycles. The van der Waals surface area contributed by atoms with Crippen molar-refractivity contribution in [1.82, 2.24) is 10.6 Å². The molecule has 1 heterocycles. The van der Waals surface area contributed by atoms with Crippen LogP contribution in [0.5, 0.6) is 0 Å². The van der Waals surface area contributed by atoms with Crippen LogP contribution in [0.15, 0.2) is 0 Å². The molecule has 3 heteroatoms. The second-order valence-corrected chi connectivity index (χ2v) is 6.80. The van der Waals surface area contributed by atoms with Gasteiger partial charge in [0, 0.05) is 12.6 Å². The Morgan fingerprint density at radius 2 is 1.94 bits per heavy atom. The first-order chi connectivity index (χ1) is 7.78. The van der Waals surface area contributed by atoms with Crippen LogP contribution < -0.4 is 10.6 Å². The van der Waals surface area contributed by atoms with E-state index >= 15 is 0 Å². The Morgan fingerprint density at radius 3 is 2.47 bits per heavy atom. The van der Waals surface area contributed by atoms with Crippen molar-refractivity contribution >= 4 is 5.91 Å². The van der Waals surface area contributed by atoms with Gasteiger partial charge in [0.15, 0.2) is 0 Å². The Labute approximate surface area is 106 Å². The van der Waals surface area contributed by atoms with Gasteiger partial charge in [-0.1, -0.05) is 27.7 Å². The lowest BCUT2D eigenvalue weighted by Gasteiger charge is -2.32. The van der Waals surface area contributed by atoms with Gasteiger partial charge in [0.05, 0.1) is 6.04 Å². The summed E-state index contributed by atoms with van der Waals surface area (Å²) >= 11 is 0. The molecule has 3 atom stereocenters. The maximum Gasteiger partial charge on any atom is 0.237 e. The van der Waals surface area contributed by atoms with E-state index in [0.717, 1.165) is 19.4 Å².